The highest BCUT2D eigenvalue weighted by atomic mass is 19.1. The van der Waals surface area contributed by atoms with Crippen molar-refractivity contribution in [2.45, 2.75) is 45.6 Å². The molecular weight excluding hydrogens is 248 g/mol. The lowest BCUT2D eigenvalue weighted by Gasteiger charge is -2.18. The molecule has 19 heavy (non-hydrogen) atoms. The summed E-state index contributed by atoms with van der Waals surface area (Å²) in [6.07, 6.45) is 4.47. The molecule has 1 aliphatic carbocycles. The summed E-state index contributed by atoms with van der Waals surface area (Å²) in [5, 5.41) is 5.90. The molecule has 0 spiro atoms. The van der Waals surface area contributed by atoms with E-state index in [-0.39, 0.29) is 17.7 Å². The molecule has 1 aromatic heterocycles. The van der Waals surface area contributed by atoms with Crippen LogP contribution < -0.4 is 10.6 Å². The summed E-state index contributed by atoms with van der Waals surface area (Å²) in [5.41, 5.74) is 0. The molecule has 5 heteroatoms. The molecule has 0 amide bonds. The average Bonchev–Trinajstić information content (AvgIpc) is 3.18. The molecule has 1 fully saturated rings. The highest BCUT2D eigenvalue weighted by Crippen LogP contribution is 2.35. The van der Waals surface area contributed by atoms with E-state index in [1.807, 2.05) is 6.92 Å². The first kappa shape index (κ1) is 14.0. The molecule has 1 unspecified atom stereocenters. The number of nitrogens with zero attached hydrogens (tertiary/aromatic N) is 1. The number of hydrogen-bond acceptors (Lipinski definition) is 3. The Kier molecular flexibility index (Phi) is 4.56. The summed E-state index contributed by atoms with van der Waals surface area (Å²) in [4.78, 5) is 4.00. The Morgan fingerprint density at radius 2 is 1.95 bits per heavy atom. The molecule has 0 radical (unpaired) electrons. The molecular formula is C14H21F2N3. The van der Waals surface area contributed by atoms with E-state index in [0.717, 1.165) is 24.8 Å². The molecule has 3 nitrogen and oxygen atoms in total. The normalized spacial score (nSPS) is 16.2. The molecule has 1 aliphatic rings. The van der Waals surface area contributed by atoms with Gasteiger partial charge in [0.15, 0.2) is 23.3 Å². The molecule has 1 atom stereocenters. The predicted octanol–water partition coefficient (Wildman–Crippen LogP) is 3.78. The Hall–Kier alpha value is -1.39. The van der Waals surface area contributed by atoms with Gasteiger partial charge < -0.3 is 10.6 Å². The summed E-state index contributed by atoms with van der Waals surface area (Å²) in [5.74, 6) is -0.278. The van der Waals surface area contributed by atoms with Crippen LogP contribution in [0.4, 0.5) is 20.4 Å². The van der Waals surface area contributed by atoms with E-state index in [9.17, 15) is 8.78 Å². The molecule has 0 aliphatic heterocycles. The Morgan fingerprint density at radius 1 is 1.26 bits per heavy atom. The molecule has 2 N–H and O–H groups in total. The van der Waals surface area contributed by atoms with Gasteiger partial charge in [0, 0.05) is 18.7 Å². The second-order valence-corrected chi connectivity index (χ2v) is 5.11. The highest BCUT2D eigenvalue weighted by molar-refractivity contribution is 5.48. The smallest absolute Gasteiger partial charge is 0.168 e. The summed E-state index contributed by atoms with van der Waals surface area (Å²) in [7, 11) is 0. The predicted molar refractivity (Wildman–Crippen MR) is 73.4 cm³/mol. The SMILES string of the molecule is CCNc1nc(NC(CC)CC2CC2)c(F)cc1F. The minimum Gasteiger partial charge on any atom is -0.368 e. The highest BCUT2D eigenvalue weighted by Gasteiger charge is 2.25. The molecule has 0 saturated heterocycles. The van der Waals surface area contributed by atoms with Crippen LogP contribution in [0.25, 0.3) is 0 Å². The van der Waals surface area contributed by atoms with Gasteiger partial charge in [0.05, 0.1) is 0 Å². The Labute approximate surface area is 112 Å². The van der Waals surface area contributed by atoms with Crippen LogP contribution in [0.1, 0.15) is 39.5 Å². The average molecular weight is 269 g/mol. The Balaban J connectivity index is 2.10. The summed E-state index contributed by atoms with van der Waals surface area (Å²) >= 11 is 0. The topological polar surface area (TPSA) is 37.0 Å². The zero-order valence-corrected chi connectivity index (χ0v) is 11.5. The van der Waals surface area contributed by atoms with Crippen molar-refractivity contribution in [1.82, 2.24) is 4.98 Å². The fraction of sp³-hybridized carbons (Fsp3) is 0.643. The monoisotopic (exact) mass is 269 g/mol. The fourth-order valence-corrected chi connectivity index (χ4v) is 2.14. The zero-order chi connectivity index (χ0) is 13.8. The van der Waals surface area contributed by atoms with Crippen LogP contribution in [-0.4, -0.2) is 17.6 Å². The lowest BCUT2D eigenvalue weighted by molar-refractivity contribution is 0.557. The van der Waals surface area contributed by atoms with Crippen molar-refractivity contribution in [3.05, 3.63) is 17.7 Å². The number of nitrogens with one attached hydrogen (secondary N) is 2. The maximum atomic E-state index is 13.7. The lowest BCUT2D eigenvalue weighted by Crippen LogP contribution is -2.21. The number of halogens is 2. The first-order valence-corrected chi connectivity index (χ1v) is 7.00. The number of hydrogen-bond donors (Lipinski definition) is 2. The number of anilines is 2. The van der Waals surface area contributed by atoms with Crippen molar-refractivity contribution >= 4 is 11.6 Å². The maximum Gasteiger partial charge on any atom is 0.168 e. The van der Waals surface area contributed by atoms with Gasteiger partial charge in [0.1, 0.15) is 0 Å². The van der Waals surface area contributed by atoms with Crippen molar-refractivity contribution in [2.75, 3.05) is 17.2 Å². The Bertz CT molecular complexity index is 433. The maximum absolute atomic E-state index is 13.7. The lowest BCUT2D eigenvalue weighted by atomic mass is 10.1. The van der Waals surface area contributed by atoms with E-state index >= 15 is 0 Å². The van der Waals surface area contributed by atoms with Gasteiger partial charge in [-0.15, -0.1) is 0 Å². The summed E-state index contributed by atoms with van der Waals surface area (Å²) < 4.78 is 27.2. The molecule has 2 rings (SSSR count). The van der Waals surface area contributed by atoms with Crippen molar-refractivity contribution in [3.63, 3.8) is 0 Å². The standard InChI is InChI=1S/C14H21F2N3/c1-3-10(7-9-5-6-9)18-14-12(16)8-11(15)13(19-14)17-4-2/h8-10H,3-7H2,1-2H3,(H2,17,18,19). The molecule has 0 aromatic carbocycles. The van der Waals surface area contributed by atoms with Crippen LogP contribution in [-0.2, 0) is 0 Å². The van der Waals surface area contributed by atoms with E-state index in [4.69, 9.17) is 0 Å². The molecule has 1 aromatic rings. The van der Waals surface area contributed by atoms with E-state index in [0.29, 0.717) is 6.54 Å². The molecule has 1 saturated carbocycles. The summed E-state index contributed by atoms with van der Waals surface area (Å²) in [6, 6.07) is 1.09. The van der Waals surface area contributed by atoms with Crippen molar-refractivity contribution in [1.29, 1.82) is 0 Å². The quantitative estimate of drug-likeness (QED) is 0.791. The van der Waals surface area contributed by atoms with Crippen molar-refractivity contribution in [3.8, 4) is 0 Å². The second kappa shape index (κ2) is 6.17. The summed E-state index contributed by atoms with van der Waals surface area (Å²) in [6.45, 7) is 4.46. The van der Waals surface area contributed by atoms with Crippen LogP contribution in [0.15, 0.2) is 6.07 Å². The van der Waals surface area contributed by atoms with Gasteiger partial charge in [-0.1, -0.05) is 19.8 Å². The van der Waals surface area contributed by atoms with Gasteiger partial charge in [0.2, 0.25) is 0 Å². The van der Waals surface area contributed by atoms with Gasteiger partial charge in [-0.05, 0) is 25.7 Å². The third kappa shape index (κ3) is 3.78. The molecule has 0 bridgehead atoms. The van der Waals surface area contributed by atoms with Crippen molar-refractivity contribution in [2.24, 2.45) is 5.92 Å². The van der Waals surface area contributed by atoms with E-state index in [1.165, 1.54) is 12.8 Å². The van der Waals surface area contributed by atoms with Crippen LogP contribution in [0, 0.1) is 17.6 Å². The second-order valence-electron chi connectivity index (χ2n) is 5.11. The first-order chi connectivity index (χ1) is 9.13. The number of pyridine rings is 1. The van der Waals surface area contributed by atoms with Crippen LogP contribution in [0.5, 0.6) is 0 Å². The minimum atomic E-state index is -0.653. The largest absolute Gasteiger partial charge is 0.368 e. The zero-order valence-electron chi connectivity index (χ0n) is 11.5. The first-order valence-electron chi connectivity index (χ1n) is 7.00. The Morgan fingerprint density at radius 3 is 2.53 bits per heavy atom. The van der Waals surface area contributed by atoms with Gasteiger partial charge in [-0.3, -0.25) is 0 Å². The van der Waals surface area contributed by atoms with Crippen molar-refractivity contribution < 1.29 is 8.78 Å². The van der Waals surface area contributed by atoms with Gasteiger partial charge in [-0.2, -0.15) is 0 Å². The van der Waals surface area contributed by atoms with Gasteiger partial charge in [-0.25, -0.2) is 13.8 Å². The van der Waals surface area contributed by atoms with E-state index < -0.39 is 11.6 Å². The minimum absolute atomic E-state index is 0.104. The van der Waals surface area contributed by atoms with Crippen LogP contribution in [0.2, 0.25) is 0 Å². The molecule has 106 valence electrons. The van der Waals surface area contributed by atoms with Gasteiger partial charge >= 0.3 is 0 Å². The number of aromatic nitrogens is 1. The van der Waals surface area contributed by atoms with Crippen LogP contribution >= 0.6 is 0 Å². The van der Waals surface area contributed by atoms with E-state index in [2.05, 4.69) is 22.5 Å². The number of rotatable bonds is 7. The van der Waals surface area contributed by atoms with Gasteiger partial charge in [0.25, 0.3) is 0 Å². The van der Waals surface area contributed by atoms with E-state index in [1.54, 1.807) is 0 Å². The third-order valence-electron chi connectivity index (χ3n) is 3.42. The van der Waals surface area contributed by atoms with Crippen LogP contribution in [0.3, 0.4) is 0 Å². The fourth-order valence-electron chi connectivity index (χ4n) is 2.14. The third-order valence-corrected chi connectivity index (χ3v) is 3.42. The molecule has 1 heterocycles.